The molecule has 2 aromatic rings. The molecule has 0 fully saturated rings. The van der Waals surface area contributed by atoms with E-state index in [1.165, 1.54) is 16.6 Å². The van der Waals surface area contributed by atoms with Crippen molar-refractivity contribution in [3.05, 3.63) is 54.2 Å². The van der Waals surface area contributed by atoms with Crippen LogP contribution >= 0.6 is 0 Å². The highest BCUT2D eigenvalue weighted by molar-refractivity contribution is 7.92. The van der Waals surface area contributed by atoms with E-state index in [0.29, 0.717) is 18.8 Å². The molecule has 1 heterocycles. The zero-order chi connectivity index (χ0) is 14.6. The van der Waals surface area contributed by atoms with Gasteiger partial charge in [0.25, 0.3) is 10.0 Å². The van der Waals surface area contributed by atoms with Gasteiger partial charge < -0.3 is 5.73 Å². The molecule has 20 heavy (non-hydrogen) atoms. The van der Waals surface area contributed by atoms with Crippen LogP contribution in [0.4, 0.5) is 5.69 Å². The number of hydrogen-bond donors (Lipinski definition) is 1. The van der Waals surface area contributed by atoms with E-state index in [-0.39, 0.29) is 5.03 Å². The van der Waals surface area contributed by atoms with Crippen LogP contribution in [0.3, 0.4) is 0 Å². The van der Waals surface area contributed by atoms with E-state index in [1.807, 2.05) is 6.07 Å². The minimum atomic E-state index is -3.65. The molecule has 5 nitrogen and oxygen atoms in total. The van der Waals surface area contributed by atoms with Gasteiger partial charge in [-0.15, -0.1) is 0 Å². The Bertz CT molecular complexity index is 655. The molecule has 0 radical (unpaired) electrons. The monoisotopic (exact) mass is 291 g/mol. The summed E-state index contributed by atoms with van der Waals surface area (Å²) in [5, 5.41) is 0.0282. The fraction of sp³-hybridized carbons (Fsp3) is 0.214. The largest absolute Gasteiger partial charge is 0.326 e. The molecule has 0 spiro atoms. The van der Waals surface area contributed by atoms with Crippen molar-refractivity contribution in [3.8, 4) is 0 Å². The van der Waals surface area contributed by atoms with Gasteiger partial charge in [0.2, 0.25) is 0 Å². The van der Waals surface area contributed by atoms with Gasteiger partial charge in [-0.05, 0) is 30.7 Å². The first-order valence-corrected chi connectivity index (χ1v) is 7.76. The van der Waals surface area contributed by atoms with Crippen LogP contribution in [0, 0.1) is 0 Å². The molecule has 0 amide bonds. The first-order valence-electron chi connectivity index (χ1n) is 6.32. The van der Waals surface area contributed by atoms with Gasteiger partial charge in [0, 0.05) is 19.3 Å². The summed E-state index contributed by atoms with van der Waals surface area (Å²) in [5.74, 6) is 0. The fourth-order valence-corrected chi connectivity index (χ4v) is 3.27. The number of aromatic nitrogens is 1. The van der Waals surface area contributed by atoms with Gasteiger partial charge in [-0.2, -0.15) is 8.42 Å². The number of benzene rings is 1. The van der Waals surface area contributed by atoms with Gasteiger partial charge in [-0.3, -0.25) is 4.31 Å². The summed E-state index contributed by atoms with van der Waals surface area (Å²) >= 11 is 0. The van der Waals surface area contributed by atoms with Gasteiger partial charge in [0.15, 0.2) is 5.03 Å². The van der Waals surface area contributed by atoms with E-state index in [4.69, 9.17) is 5.73 Å². The third kappa shape index (κ3) is 2.81. The lowest BCUT2D eigenvalue weighted by molar-refractivity contribution is 0.588. The van der Waals surface area contributed by atoms with Crippen LogP contribution in [0.5, 0.6) is 0 Å². The van der Waals surface area contributed by atoms with Gasteiger partial charge in [0.1, 0.15) is 0 Å². The minimum absolute atomic E-state index is 0.0282. The molecule has 2 N–H and O–H groups in total. The number of para-hydroxylation sites is 1. The van der Waals surface area contributed by atoms with Crippen molar-refractivity contribution in [2.45, 2.75) is 18.5 Å². The van der Waals surface area contributed by atoms with Crippen molar-refractivity contribution in [2.24, 2.45) is 5.73 Å². The lowest BCUT2D eigenvalue weighted by Crippen LogP contribution is -2.31. The molecule has 0 aliphatic carbocycles. The van der Waals surface area contributed by atoms with E-state index < -0.39 is 10.0 Å². The van der Waals surface area contributed by atoms with Gasteiger partial charge >= 0.3 is 0 Å². The number of rotatable bonds is 5. The van der Waals surface area contributed by atoms with Crippen LogP contribution in [-0.4, -0.2) is 19.9 Å². The maximum Gasteiger partial charge on any atom is 0.281 e. The summed E-state index contributed by atoms with van der Waals surface area (Å²) < 4.78 is 26.5. The molecule has 0 atom stereocenters. The van der Waals surface area contributed by atoms with Gasteiger partial charge in [0.05, 0.1) is 5.69 Å². The Labute approximate surface area is 119 Å². The van der Waals surface area contributed by atoms with Crippen LogP contribution in [0.1, 0.15) is 12.5 Å². The highest BCUT2D eigenvalue weighted by atomic mass is 32.2. The highest BCUT2D eigenvalue weighted by Gasteiger charge is 2.24. The molecule has 6 heteroatoms. The first kappa shape index (κ1) is 14.5. The molecule has 1 aromatic heterocycles. The maximum absolute atomic E-state index is 12.6. The van der Waals surface area contributed by atoms with E-state index in [1.54, 1.807) is 37.3 Å². The number of nitrogens with zero attached hydrogens (tertiary/aromatic N) is 2. The molecule has 0 saturated carbocycles. The molecule has 0 unspecified atom stereocenters. The smallest absolute Gasteiger partial charge is 0.281 e. The summed E-state index contributed by atoms with van der Waals surface area (Å²) in [6.45, 7) is 2.47. The molecule has 0 aliphatic heterocycles. The topological polar surface area (TPSA) is 76.3 Å². The van der Waals surface area contributed by atoms with Crippen LogP contribution in [0.2, 0.25) is 0 Å². The molecular formula is C14H17N3O2S. The van der Waals surface area contributed by atoms with E-state index in [9.17, 15) is 8.42 Å². The molecular weight excluding hydrogens is 274 g/mol. The molecule has 0 bridgehead atoms. The SMILES string of the molecule is CCN(c1ccccc1)S(=O)(=O)c1ccc(CN)cn1. The third-order valence-corrected chi connectivity index (χ3v) is 4.74. The molecule has 2 rings (SSSR count). The zero-order valence-electron chi connectivity index (χ0n) is 11.2. The maximum atomic E-state index is 12.6. The van der Waals surface area contributed by atoms with Crippen molar-refractivity contribution < 1.29 is 8.42 Å². The van der Waals surface area contributed by atoms with Crippen LogP contribution in [-0.2, 0) is 16.6 Å². The Kier molecular flexibility index (Phi) is 4.36. The first-order chi connectivity index (χ1) is 9.59. The van der Waals surface area contributed by atoms with E-state index in [2.05, 4.69) is 4.98 Å². The van der Waals surface area contributed by atoms with Crippen LogP contribution in [0.25, 0.3) is 0 Å². The summed E-state index contributed by atoms with van der Waals surface area (Å²) in [5.41, 5.74) is 6.91. The average Bonchev–Trinajstić information content (AvgIpc) is 2.49. The molecule has 1 aromatic carbocycles. The number of sulfonamides is 1. The Morgan fingerprint density at radius 1 is 1.15 bits per heavy atom. The normalized spacial score (nSPS) is 11.3. The molecule has 0 saturated heterocycles. The number of pyridine rings is 1. The number of anilines is 1. The Hall–Kier alpha value is -1.92. The van der Waals surface area contributed by atoms with Crippen molar-refractivity contribution in [3.63, 3.8) is 0 Å². The lowest BCUT2D eigenvalue weighted by atomic mass is 10.3. The Morgan fingerprint density at radius 3 is 2.35 bits per heavy atom. The molecule has 0 aliphatic rings. The van der Waals surface area contributed by atoms with Crippen LogP contribution in [0.15, 0.2) is 53.7 Å². The summed E-state index contributed by atoms with van der Waals surface area (Å²) in [6, 6.07) is 12.1. The number of nitrogens with two attached hydrogens (primary N) is 1. The van der Waals surface area contributed by atoms with Crippen molar-refractivity contribution >= 4 is 15.7 Å². The lowest BCUT2D eigenvalue weighted by Gasteiger charge is -2.22. The van der Waals surface area contributed by atoms with Crippen molar-refractivity contribution in [2.75, 3.05) is 10.8 Å². The highest BCUT2D eigenvalue weighted by Crippen LogP contribution is 2.21. The summed E-state index contributed by atoms with van der Waals surface area (Å²) in [7, 11) is -3.65. The van der Waals surface area contributed by atoms with E-state index >= 15 is 0 Å². The minimum Gasteiger partial charge on any atom is -0.326 e. The number of hydrogen-bond acceptors (Lipinski definition) is 4. The zero-order valence-corrected chi connectivity index (χ0v) is 12.0. The molecule has 106 valence electrons. The van der Waals surface area contributed by atoms with Crippen molar-refractivity contribution in [1.29, 1.82) is 0 Å². The second kappa shape index (κ2) is 6.02. The second-order valence-corrected chi connectivity index (χ2v) is 6.02. The van der Waals surface area contributed by atoms with E-state index in [0.717, 1.165) is 5.56 Å². The quantitative estimate of drug-likeness (QED) is 0.910. The fourth-order valence-electron chi connectivity index (χ4n) is 1.88. The Morgan fingerprint density at radius 2 is 1.85 bits per heavy atom. The third-order valence-electron chi connectivity index (χ3n) is 2.92. The van der Waals surface area contributed by atoms with Crippen LogP contribution < -0.4 is 10.0 Å². The summed E-state index contributed by atoms with van der Waals surface area (Å²) in [4.78, 5) is 4.01. The average molecular weight is 291 g/mol. The predicted octanol–water partition coefficient (Wildman–Crippen LogP) is 1.76. The van der Waals surface area contributed by atoms with Gasteiger partial charge in [-0.1, -0.05) is 24.3 Å². The standard InChI is InChI=1S/C14H17N3O2S/c1-2-17(13-6-4-3-5-7-13)20(18,19)14-9-8-12(10-15)11-16-14/h3-9,11H,2,10,15H2,1H3. The second-order valence-electron chi connectivity index (χ2n) is 4.21. The van der Waals surface area contributed by atoms with Crippen molar-refractivity contribution in [1.82, 2.24) is 4.98 Å². The summed E-state index contributed by atoms with van der Waals surface area (Å²) in [6.07, 6.45) is 1.49. The Balaban J connectivity index is 2.41. The van der Waals surface area contributed by atoms with Gasteiger partial charge in [-0.25, -0.2) is 4.98 Å². The predicted molar refractivity (Wildman–Crippen MR) is 78.8 cm³/mol.